The highest BCUT2D eigenvalue weighted by molar-refractivity contribution is 5.93. The van der Waals surface area contributed by atoms with E-state index in [-0.39, 0.29) is 30.0 Å². The van der Waals surface area contributed by atoms with Crippen molar-refractivity contribution in [2.45, 2.75) is 64.8 Å². The summed E-state index contributed by atoms with van der Waals surface area (Å²) in [6, 6.07) is -1.03. The standard InChI is InChI=1S/C18H25F3N6O/c1-6-12-7-14(18(19,20)21)27-15(23-12)8-13(25-27)17(28)22-9(2)16-10(3)24-26(5)11(16)4/h8-9,12,14,23H,6-7H2,1-5H3,(H,22,28)/t9-,12+,14+/m0/s1. The number of halogens is 3. The largest absolute Gasteiger partial charge is 0.410 e. The second kappa shape index (κ2) is 7.14. The molecular formula is C18H25F3N6O. The lowest BCUT2D eigenvalue weighted by molar-refractivity contribution is -0.173. The fourth-order valence-corrected chi connectivity index (χ4v) is 3.79. The predicted molar refractivity (Wildman–Crippen MR) is 98.2 cm³/mol. The fourth-order valence-electron chi connectivity index (χ4n) is 3.79. The number of rotatable bonds is 4. The Kier molecular flexibility index (Phi) is 5.16. The summed E-state index contributed by atoms with van der Waals surface area (Å²) >= 11 is 0. The molecule has 0 aromatic carbocycles. The third-order valence-electron chi connectivity index (χ3n) is 5.34. The summed E-state index contributed by atoms with van der Waals surface area (Å²) in [4.78, 5) is 12.7. The number of aryl methyl sites for hydroxylation is 2. The number of fused-ring (bicyclic) bond motifs is 1. The monoisotopic (exact) mass is 398 g/mol. The number of aromatic nitrogens is 4. The van der Waals surface area contributed by atoms with Crippen molar-refractivity contribution in [1.82, 2.24) is 24.9 Å². The van der Waals surface area contributed by atoms with Crippen LogP contribution >= 0.6 is 0 Å². The Balaban J connectivity index is 1.85. The van der Waals surface area contributed by atoms with Crippen LogP contribution in [-0.2, 0) is 7.05 Å². The van der Waals surface area contributed by atoms with Crippen molar-refractivity contribution in [1.29, 1.82) is 0 Å². The van der Waals surface area contributed by atoms with Gasteiger partial charge in [-0.25, -0.2) is 4.68 Å². The van der Waals surface area contributed by atoms with Gasteiger partial charge in [-0.05, 0) is 33.6 Å². The Bertz CT molecular complexity index is 885. The molecular weight excluding hydrogens is 373 g/mol. The first kappa shape index (κ1) is 20.2. The predicted octanol–water partition coefficient (Wildman–Crippen LogP) is 3.42. The van der Waals surface area contributed by atoms with E-state index in [1.54, 1.807) is 4.68 Å². The highest BCUT2D eigenvalue weighted by Crippen LogP contribution is 2.40. The van der Waals surface area contributed by atoms with Crippen molar-refractivity contribution < 1.29 is 18.0 Å². The second-order valence-corrected chi connectivity index (χ2v) is 7.31. The number of amides is 1. The maximum absolute atomic E-state index is 13.5. The van der Waals surface area contributed by atoms with Crippen LogP contribution in [0, 0.1) is 13.8 Å². The van der Waals surface area contributed by atoms with E-state index < -0.39 is 18.1 Å². The third kappa shape index (κ3) is 3.59. The molecule has 0 saturated carbocycles. The molecule has 3 atom stereocenters. The molecule has 3 heterocycles. The average molecular weight is 398 g/mol. The summed E-state index contributed by atoms with van der Waals surface area (Å²) in [5, 5.41) is 14.2. The van der Waals surface area contributed by atoms with Gasteiger partial charge in [0.05, 0.1) is 11.7 Å². The van der Waals surface area contributed by atoms with Crippen LogP contribution in [-0.4, -0.2) is 37.7 Å². The van der Waals surface area contributed by atoms with E-state index in [0.29, 0.717) is 6.42 Å². The smallest absolute Gasteiger partial charge is 0.367 e. The summed E-state index contributed by atoms with van der Waals surface area (Å²) < 4.78 is 43.0. The van der Waals surface area contributed by atoms with Crippen LogP contribution in [0.1, 0.15) is 66.2 Å². The maximum atomic E-state index is 13.5. The van der Waals surface area contributed by atoms with E-state index in [9.17, 15) is 18.0 Å². The highest BCUT2D eigenvalue weighted by atomic mass is 19.4. The van der Waals surface area contributed by atoms with Gasteiger partial charge in [-0.1, -0.05) is 6.92 Å². The molecule has 1 aliphatic heterocycles. The SMILES string of the molecule is CC[C@@H]1C[C@H](C(F)(F)F)n2nc(C(=O)N[C@@H](C)c3c(C)nn(C)c3C)cc2N1. The molecule has 1 aliphatic rings. The Morgan fingerprint density at radius 1 is 1.39 bits per heavy atom. The molecule has 0 unspecified atom stereocenters. The average Bonchev–Trinajstić information content (AvgIpc) is 3.13. The molecule has 0 aliphatic carbocycles. The van der Waals surface area contributed by atoms with Crippen molar-refractivity contribution >= 4 is 11.7 Å². The van der Waals surface area contributed by atoms with Crippen molar-refractivity contribution in [3.05, 3.63) is 28.7 Å². The number of alkyl halides is 3. The lowest BCUT2D eigenvalue weighted by atomic mass is 10.0. The minimum Gasteiger partial charge on any atom is -0.367 e. The first-order chi connectivity index (χ1) is 13.0. The van der Waals surface area contributed by atoms with Crippen molar-refractivity contribution in [2.75, 3.05) is 5.32 Å². The van der Waals surface area contributed by atoms with Gasteiger partial charge in [0.1, 0.15) is 5.82 Å². The first-order valence-corrected chi connectivity index (χ1v) is 9.26. The van der Waals surface area contributed by atoms with Crippen LogP contribution in [0.4, 0.5) is 19.0 Å². The van der Waals surface area contributed by atoms with E-state index in [4.69, 9.17) is 0 Å². The molecule has 2 aromatic heterocycles. The van der Waals surface area contributed by atoms with E-state index in [2.05, 4.69) is 20.8 Å². The zero-order valence-corrected chi connectivity index (χ0v) is 16.6. The molecule has 0 radical (unpaired) electrons. The minimum absolute atomic E-state index is 0.0421. The van der Waals surface area contributed by atoms with Gasteiger partial charge in [0, 0.05) is 30.4 Å². The Labute approximate surface area is 161 Å². The Morgan fingerprint density at radius 3 is 2.61 bits per heavy atom. The number of anilines is 1. The zero-order valence-electron chi connectivity index (χ0n) is 16.6. The molecule has 2 N–H and O–H groups in total. The normalized spacial score (nSPS) is 20.4. The van der Waals surface area contributed by atoms with Crippen LogP contribution < -0.4 is 10.6 Å². The summed E-state index contributed by atoms with van der Waals surface area (Å²) in [7, 11) is 1.82. The third-order valence-corrected chi connectivity index (χ3v) is 5.34. The van der Waals surface area contributed by atoms with Gasteiger partial charge in [-0.2, -0.15) is 23.4 Å². The summed E-state index contributed by atoms with van der Waals surface area (Å²) in [6.07, 6.45) is -3.99. The number of carbonyl (C=O) groups is 1. The van der Waals surface area contributed by atoms with Gasteiger partial charge >= 0.3 is 6.18 Å². The number of nitrogens with zero attached hydrogens (tertiary/aromatic N) is 4. The molecule has 0 saturated heterocycles. The second-order valence-electron chi connectivity index (χ2n) is 7.31. The lowest BCUT2D eigenvalue weighted by Gasteiger charge is -2.32. The number of nitrogens with one attached hydrogen (secondary N) is 2. The quantitative estimate of drug-likeness (QED) is 0.827. The van der Waals surface area contributed by atoms with Gasteiger partial charge in [-0.15, -0.1) is 0 Å². The van der Waals surface area contributed by atoms with E-state index >= 15 is 0 Å². The Morgan fingerprint density at radius 2 is 2.07 bits per heavy atom. The molecule has 7 nitrogen and oxygen atoms in total. The van der Waals surface area contributed by atoms with Gasteiger partial charge in [0.15, 0.2) is 11.7 Å². The molecule has 154 valence electrons. The van der Waals surface area contributed by atoms with E-state index in [0.717, 1.165) is 21.6 Å². The molecule has 10 heteroatoms. The molecule has 28 heavy (non-hydrogen) atoms. The van der Waals surface area contributed by atoms with Gasteiger partial charge in [0.2, 0.25) is 0 Å². The van der Waals surface area contributed by atoms with Crippen molar-refractivity contribution in [2.24, 2.45) is 7.05 Å². The fraction of sp³-hybridized carbons (Fsp3) is 0.611. The molecule has 1 amide bonds. The van der Waals surface area contributed by atoms with Gasteiger partial charge < -0.3 is 10.6 Å². The number of hydrogen-bond acceptors (Lipinski definition) is 4. The van der Waals surface area contributed by atoms with Gasteiger partial charge in [0.25, 0.3) is 5.91 Å². The van der Waals surface area contributed by atoms with Crippen molar-refractivity contribution in [3.63, 3.8) is 0 Å². The van der Waals surface area contributed by atoms with Crippen LogP contribution in [0.5, 0.6) is 0 Å². The van der Waals surface area contributed by atoms with Crippen molar-refractivity contribution in [3.8, 4) is 0 Å². The minimum atomic E-state index is -4.43. The lowest BCUT2D eigenvalue weighted by Crippen LogP contribution is -2.39. The molecule has 3 rings (SSSR count). The van der Waals surface area contributed by atoms with E-state index in [1.807, 2.05) is 34.7 Å². The summed E-state index contributed by atoms with van der Waals surface area (Å²) in [5.74, 6) is -0.306. The Hall–Kier alpha value is -2.52. The molecule has 0 bridgehead atoms. The highest BCUT2D eigenvalue weighted by Gasteiger charge is 2.46. The summed E-state index contributed by atoms with van der Waals surface area (Å²) in [6.45, 7) is 7.39. The first-order valence-electron chi connectivity index (χ1n) is 9.26. The van der Waals surface area contributed by atoms with Crippen LogP contribution in [0.3, 0.4) is 0 Å². The summed E-state index contributed by atoms with van der Waals surface area (Å²) in [5.41, 5.74) is 2.55. The van der Waals surface area contributed by atoms with Gasteiger partial charge in [-0.3, -0.25) is 9.48 Å². The topological polar surface area (TPSA) is 76.8 Å². The maximum Gasteiger partial charge on any atom is 0.410 e. The number of carbonyl (C=O) groups excluding carboxylic acids is 1. The van der Waals surface area contributed by atoms with Crippen LogP contribution in [0.25, 0.3) is 0 Å². The molecule has 0 spiro atoms. The van der Waals surface area contributed by atoms with E-state index in [1.165, 1.54) is 6.07 Å². The number of hydrogen-bond donors (Lipinski definition) is 2. The van der Waals surface area contributed by atoms with Crippen LogP contribution in [0.15, 0.2) is 6.07 Å². The van der Waals surface area contributed by atoms with Crippen LogP contribution in [0.2, 0.25) is 0 Å². The zero-order chi connectivity index (χ0) is 20.8. The molecule has 0 fully saturated rings. The molecule has 2 aromatic rings.